The van der Waals surface area contributed by atoms with E-state index in [9.17, 15) is 72.5 Å². The molecule has 0 spiro atoms. The number of nitriles is 2. The molecule has 0 unspecified atom stereocenters. The minimum atomic E-state index is -5.24. The van der Waals surface area contributed by atoms with Crippen molar-refractivity contribution in [1.29, 1.82) is 10.5 Å². The number of hydrogen-bond acceptors (Lipinski definition) is 6. The van der Waals surface area contributed by atoms with Crippen molar-refractivity contribution in [3.63, 3.8) is 0 Å². The molecule has 0 saturated carbocycles. The second-order valence-electron chi connectivity index (χ2n) is 9.14. The molecule has 2 aromatic carbocycles. The smallest absolute Gasteiger partial charge is 0.417 e. The third-order valence-electron chi connectivity index (χ3n) is 5.73. The van der Waals surface area contributed by atoms with Gasteiger partial charge in [-0.1, -0.05) is 0 Å². The third-order valence-corrected chi connectivity index (χ3v) is 5.73. The van der Waals surface area contributed by atoms with Crippen molar-refractivity contribution in [1.82, 2.24) is 0 Å². The molecule has 0 aromatic heterocycles. The quantitative estimate of drug-likeness (QED) is 0.140. The van der Waals surface area contributed by atoms with E-state index in [2.05, 4.69) is 0 Å². The van der Waals surface area contributed by atoms with E-state index in [0.29, 0.717) is 0 Å². The van der Waals surface area contributed by atoms with Crippen LogP contribution in [0.15, 0.2) is 35.8 Å². The number of carbonyl (C=O) groups is 2. The minimum Gasteiger partial charge on any atom is -0.512 e. The summed E-state index contributed by atoms with van der Waals surface area (Å²) in [4.78, 5) is 22.8. The summed E-state index contributed by atoms with van der Waals surface area (Å²) in [5, 5.41) is 36.2. The average Bonchev–Trinajstić information content (AvgIpc) is 2.85. The van der Waals surface area contributed by atoms with E-state index in [1.54, 1.807) is 0 Å². The van der Waals surface area contributed by atoms with Gasteiger partial charge in [-0.3, -0.25) is 9.59 Å². The number of nitrogens with zero attached hydrogens (tertiary/aromatic N) is 2. The fourth-order valence-corrected chi connectivity index (χ4v) is 4.04. The zero-order valence-corrected chi connectivity index (χ0v) is 24.7. The molecule has 0 fully saturated rings. The van der Waals surface area contributed by atoms with Crippen LogP contribution in [0.4, 0.5) is 52.7 Å². The van der Waals surface area contributed by atoms with Crippen molar-refractivity contribution in [2.45, 2.75) is 52.4 Å². The second kappa shape index (κ2) is 15.0. The van der Waals surface area contributed by atoms with Crippen LogP contribution in [0.3, 0.4) is 0 Å². The van der Waals surface area contributed by atoms with Crippen molar-refractivity contribution < 1.29 is 89.6 Å². The van der Waals surface area contributed by atoms with Crippen molar-refractivity contribution in [3.8, 4) is 12.1 Å². The standard InChI is InChI=1S/2C14H9F6NO2.Cu/c2*1-6(22)12(7(2)23)8-3-10(13(15,16)17)9(5-21)11(4-8)14(18,19)20;/h2*3-4,22H,1-2H3;/b2*12-6+;. The second-order valence-corrected chi connectivity index (χ2v) is 9.14. The molecule has 2 N–H and O–H groups in total. The number of allylic oxidation sites excluding steroid dienone is 4. The predicted molar refractivity (Wildman–Crippen MR) is 134 cm³/mol. The number of carbonyl (C=O) groups excluding carboxylic acids is 2. The molecule has 19 heteroatoms. The summed E-state index contributed by atoms with van der Waals surface area (Å²) in [6, 6.07) is 2.76. The monoisotopic (exact) mass is 737 g/mol. The van der Waals surface area contributed by atoms with Crippen molar-refractivity contribution in [3.05, 3.63) is 80.3 Å². The van der Waals surface area contributed by atoms with Gasteiger partial charge in [0.15, 0.2) is 11.6 Å². The summed E-state index contributed by atoms with van der Waals surface area (Å²) in [7, 11) is 0. The zero-order valence-electron chi connectivity index (χ0n) is 23.8. The van der Waals surface area contributed by atoms with Gasteiger partial charge >= 0.3 is 24.7 Å². The third kappa shape index (κ3) is 10.3. The number of halogens is 12. The van der Waals surface area contributed by atoms with E-state index < -0.39 is 103 Å². The molecule has 47 heavy (non-hydrogen) atoms. The Bertz CT molecular complexity index is 1500. The van der Waals surface area contributed by atoms with Gasteiger partial charge in [0.25, 0.3) is 0 Å². The molecule has 259 valence electrons. The first-order valence-corrected chi connectivity index (χ1v) is 11.9. The molecule has 0 aliphatic heterocycles. The molecular formula is C28H18CuF12N2O4. The number of ketones is 2. The zero-order chi connectivity index (χ0) is 36.3. The number of hydrogen-bond donors (Lipinski definition) is 2. The molecule has 6 nitrogen and oxygen atoms in total. The Balaban J connectivity index is 0.000000882. The first-order chi connectivity index (χ1) is 20.6. The van der Waals surface area contributed by atoms with E-state index in [1.807, 2.05) is 0 Å². The van der Waals surface area contributed by atoms with E-state index in [-0.39, 0.29) is 41.3 Å². The summed E-state index contributed by atoms with van der Waals surface area (Å²) in [6.07, 6.45) is -21.0. The van der Waals surface area contributed by atoms with E-state index in [0.717, 1.165) is 39.8 Å². The van der Waals surface area contributed by atoms with E-state index in [4.69, 9.17) is 10.5 Å². The molecule has 1 radical (unpaired) electrons. The normalized spacial score (nSPS) is 13.1. The van der Waals surface area contributed by atoms with Crippen LogP contribution < -0.4 is 0 Å². The van der Waals surface area contributed by atoms with Crippen LogP contribution >= 0.6 is 0 Å². The Morgan fingerprint density at radius 3 is 0.830 bits per heavy atom. The number of benzene rings is 2. The molecule has 0 aliphatic carbocycles. The van der Waals surface area contributed by atoms with Gasteiger partial charge in [0.2, 0.25) is 0 Å². The number of rotatable bonds is 4. The summed E-state index contributed by atoms with van der Waals surface area (Å²) < 4.78 is 156. The van der Waals surface area contributed by atoms with Gasteiger partial charge in [0.1, 0.15) is 23.7 Å². The molecule has 0 aliphatic rings. The van der Waals surface area contributed by atoms with Gasteiger partial charge in [-0.15, -0.1) is 0 Å². The van der Waals surface area contributed by atoms with Gasteiger partial charge in [-0.2, -0.15) is 63.2 Å². The maximum absolute atomic E-state index is 13.0. The molecule has 0 heterocycles. The summed E-state index contributed by atoms with van der Waals surface area (Å²) >= 11 is 0. The predicted octanol–water partition coefficient (Wildman–Crippen LogP) is 8.95. The molecule has 0 bridgehead atoms. The largest absolute Gasteiger partial charge is 0.512 e. The Hall–Kier alpha value is -4.48. The first kappa shape index (κ1) is 42.5. The van der Waals surface area contributed by atoms with Gasteiger partial charge in [-0.25, -0.2) is 0 Å². The van der Waals surface area contributed by atoms with Crippen LogP contribution in [0.1, 0.15) is 72.2 Å². The maximum atomic E-state index is 13.0. The summed E-state index contributed by atoms with van der Waals surface area (Å²) in [5.41, 5.74) is -13.4. The number of aliphatic hydroxyl groups is 2. The van der Waals surface area contributed by atoms with Crippen molar-refractivity contribution in [2.24, 2.45) is 0 Å². The van der Waals surface area contributed by atoms with Crippen LogP contribution in [0, 0.1) is 22.7 Å². The fraction of sp³-hybridized carbons (Fsp3) is 0.286. The number of aliphatic hydroxyl groups excluding tert-OH is 2. The Labute approximate surface area is 267 Å². The van der Waals surface area contributed by atoms with Crippen LogP contribution in [0.25, 0.3) is 11.1 Å². The number of alkyl halides is 12. The Kier molecular flexibility index (Phi) is 13.5. The first-order valence-electron chi connectivity index (χ1n) is 11.9. The molecule has 2 aromatic rings. The van der Waals surface area contributed by atoms with Crippen molar-refractivity contribution in [2.75, 3.05) is 0 Å². The van der Waals surface area contributed by atoms with Crippen LogP contribution in [-0.4, -0.2) is 21.8 Å². The van der Waals surface area contributed by atoms with Crippen molar-refractivity contribution >= 4 is 22.7 Å². The van der Waals surface area contributed by atoms with Crippen LogP contribution in [-0.2, 0) is 51.4 Å². The van der Waals surface area contributed by atoms with Gasteiger partial charge in [0, 0.05) is 17.1 Å². The summed E-state index contributed by atoms with van der Waals surface area (Å²) in [5.74, 6) is -3.31. The summed E-state index contributed by atoms with van der Waals surface area (Å²) in [6.45, 7) is 3.67. The average molecular weight is 738 g/mol. The van der Waals surface area contributed by atoms with Gasteiger partial charge in [0.05, 0.1) is 44.5 Å². The van der Waals surface area contributed by atoms with Crippen LogP contribution in [0.2, 0.25) is 0 Å². The molecule has 2 rings (SSSR count). The molecule has 0 atom stereocenters. The van der Waals surface area contributed by atoms with Gasteiger partial charge < -0.3 is 10.2 Å². The SMILES string of the molecule is CC(=O)/C(=C(/C)O)c1cc(C(F)(F)F)c(C#N)c(C(F)(F)F)c1.CC(=O)/C(=C(/C)O)c1cc(C(F)(F)F)c(C#N)c(C(F)(F)F)c1.[Cu]. The Morgan fingerprint density at radius 2 is 0.723 bits per heavy atom. The minimum absolute atomic E-state index is 0. The Morgan fingerprint density at radius 1 is 0.532 bits per heavy atom. The molecule has 0 saturated heterocycles. The topological polar surface area (TPSA) is 122 Å². The van der Waals surface area contributed by atoms with E-state index in [1.165, 1.54) is 0 Å². The van der Waals surface area contributed by atoms with Gasteiger partial charge in [-0.05, 0) is 63.1 Å². The number of Topliss-reactive ketones (excluding diaryl/α,β-unsaturated/α-hetero) is 2. The van der Waals surface area contributed by atoms with E-state index >= 15 is 0 Å². The molecular weight excluding hydrogens is 720 g/mol. The fourth-order valence-electron chi connectivity index (χ4n) is 4.04. The maximum Gasteiger partial charge on any atom is 0.417 e. The molecule has 0 amide bonds. The van der Waals surface area contributed by atoms with Crippen LogP contribution in [0.5, 0.6) is 0 Å².